The Labute approximate surface area is 171 Å². The van der Waals surface area contributed by atoms with E-state index in [-0.39, 0.29) is 24.0 Å². The maximum Gasteiger partial charge on any atom is 0.191 e. The van der Waals surface area contributed by atoms with Gasteiger partial charge in [0.2, 0.25) is 0 Å². The molecule has 0 aliphatic heterocycles. The average Bonchev–Trinajstić information content (AvgIpc) is 3.22. The van der Waals surface area contributed by atoms with E-state index in [4.69, 9.17) is 4.99 Å². The van der Waals surface area contributed by atoms with E-state index in [1.165, 1.54) is 21.9 Å². The smallest absolute Gasteiger partial charge is 0.191 e. The molecule has 1 heterocycles. The summed E-state index contributed by atoms with van der Waals surface area (Å²) in [5, 5.41) is 8.10. The molecular weight excluding hydrogens is 443 g/mol. The Kier molecular flexibility index (Phi) is 8.15. The van der Waals surface area contributed by atoms with Crippen LogP contribution in [0.15, 0.2) is 41.5 Å². The van der Waals surface area contributed by atoms with Crippen LogP contribution in [0.2, 0.25) is 0 Å². The van der Waals surface area contributed by atoms with E-state index in [2.05, 4.69) is 59.8 Å². The molecule has 1 aliphatic carbocycles. The summed E-state index contributed by atoms with van der Waals surface area (Å²) in [6, 6.07) is 11.2. The van der Waals surface area contributed by atoms with Gasteiger partial charge in [-0.15, -0.1) is 35.3 Å². The van der Waals surface area contributed by atoms with Gasteiger partial charge in [0.25, 0.3) is 0 Å². The van der Waals surface area contributed by atoms with Crippen LogP contribution in [0.1, 0.15) is 41.6 Å². The molecule has 1 aromatic carbocycles. The van der Waals surface area contributed by atoms with Crippen LogP contribution in [0.25, 0.3) is 0 Å². The van der Waals surface area contributed by atoms with Gasteiger partial charge in [0.1, 0.15) is 0 Å². The lowest BCUT2D eigenvalue weighted by atomic mass is 10.1. The van der Waals surface area contributed by atoms with Crippen molar-refractivity contribution in [3.8, 4) is 0 Å². The first kappa shape index (κ1) is 20.2. The Hall–Kier alpha value is -1.15. The molecule has 1 saturated carbocycles. The van der Waals surface area contributed by atoms with Crippen LogP contribution in [-0.2, 0) is 12.8 Å². The lowest BCUT2D eigenvalue weighted by Gasteiger charge is -2.11. The largest absolute Gasteiger partial charge is 0.357 e. The van der Waals surface area contributed by atoms with Crippen molar-refractivity contribution in [2.45, 2.75) is 45.1 Å². The fraction of sp³-hybridized carbons (Fsp3) is 0.474. The lowest BCUT2D eigenvalue weighted by Crippen LogP contribution is -2.39. The minimum Gasteiger partial charge on any atom is -0.357 e. The average molecular weight is 470 g/mol. The molecule has 1 aromatic heterocycles. The van der Waals surface area contributed by atoms with Gasteiger partial charge in [0.15, 0.2) is 5.96 Å². The molecule has 136 valence electrons. The van der Waals surface area contributed by atoms with Crippen molar-refractivity contribution < 1.29 is 0 Å². The minimum absolute atomic E-state index is 0. The number of nitrogens with zero attached hydrogens (tertiary/aromatic N) is 2. The summed E-state index contributed by atoms with van der Waals surface area (Å²) in [5.74, 6) is 1.54. The van der Waals surface area contributed by atoms with E-state index >= 15 is 0 Å². The third-order valence-electron chi connectivity index (χ3n) is 4.23. The van der Waals surface area contributed by atoms with E-state index < -0.39 is 0 Å². The van der Waals surface area contributed by atoms with E-state index in [9.17, 15) is 0 Å². The molecule has 0 spiro atoms. The highest BCUT2D eigenvalue weighted by atomic mass is 127. The second kappa shape index (κ2) is 10.1. The highest BCUT2D eigenvalue weighted by Crippen LogP contribution is 2.40. The third kappa shape index (κ3) is 5.95. The van der Waals surface area contributed by atoms with Crippen molar-refractivity contribution in [1.82, 2.24) is 15.6 Å². The van der Waals surface area contributed by atoms with Crippen molar-refractivity contribution in [2.24, 2.45) is 4.99 Å². The summed E-state index contributed by atoms with van der Waals surface area (Å²) >= 11 is 1.80. The Balaban J connectivity index is 0.00000225. The molecule has 2 aromatic rings. The number of thiazole rings is 1. The number of hydrogen-bond donors (Lipinski definition) is 2. The van der Waals surface area contributed by atoms with E-state index in [1.54, 1.807) is 11.3 Å². The highest BCUT2D eigenvalue weighted by molar-refractivity contribution is 14.0. The molecule has 6 heteroatoms. The lowest BCUT2D eigenvalue weighted by molar-refractivity contribution is 0.791. The first-order valence-electron chi connectivity index (χ1n) is 8.83. The van der Waals surface area contributed by atoms with Crippen LogP contribution < -0.4 is 10.6 Å². The molecule has 0 radical (unpaired) electrons. The Bertz CT molecular complexity index is 671. The number of nitrogens with one attached hydrogen (secondary N) is 2. The number of halogens is 1. The van der Waals surface area contributed by atoms with Gasteiger partial charge in [-0.2, -0.15) is 0 Å². The zero-order chi connectivity index (χ0) is 16.8. The maximum absolute atomic E-state index is 4.71. The predicted molar refractivity (Wildman–Crippen MR) is 117 cm³/mol. The molecule has 2 atom stereocenters. The number of aryl methyl sites for hydroxylation is 1. The first-order chi connectivity index (χ1) is 11.8. The number of aliphatic imine (C=N–C) groups is 1. The standard InChI is InChI=1S/C19H26N4S.HI/c1-3-15-13-22-18(24-15)10-11-21-19(20-4-2)23-17-12-16(17)14-8-6-5-7-9-14;/h5-9,13,16-17H,3-4,10-12H2,1-2H3,(H2,20,21,23);1H. The van der Waals surface area contributed by atoms with E-state index in [1.807, 2.05) is 6.20 Å². The van der Waals surface area contributed by atoms with Crippen LogP contribution in [0, 0.1) is 0 Å². The molecular formula is C19H27IN4S. The Morgan fingerprint density at radius 1 is 1.28 bits per heavy atom. The summed E-state index contributed by atoms with van der Waals surface area (Å²) in [4.78, 5) is 10.5. The zero-order valence-corrected chi connectivity index (χ0v) is 18.0. The number of guanidine groups is 1. The van der Waals surface area contributed by atoms with Crippen molar-refractivity contribution in [2.75, 3.05) is 13.1 Å². The highest BCUT2D eigenvalue weighted by Gasteiger charge is 2.38. The predicted octanol–water partition coefficient (Wildman–Crippen LogP) is 3.98. The van der Waals surface area contributed by atoms with Crippen LogP contribution in [0.5, 0.6) is 0 Å². The molecule has 1 fully saturated rings. The van der Waals surface area contributed by atoms with Crippen LogP contribution >= 0.6 is 35.3 Å². The number of rotatable bonds is 7. The van der Waals surface area contributed by atoms with Crippen molar-refractivity contribution in [1.29, 1.82) is 0 Å². The second-order valence-corrected chi connectivity index (χ2v) is 7.29. The van der Waals surface area contributed by atoms with Gasteiger partial charge in [-0.25, -0.2) is 4.98 Å². The normalized spacial score (nSPS) is 19.2. The molecule has 0 bridgehead atoms. The van der Waals surface area contributed by atoms with Crippen LogP contribution in [-0.4, -0.2) is 30.1 Å². The molecule has 25 heavy (non-hydrogen) atoms. The van der Waals surface area contributed by atoms with Crippen LogP contribution in [0.3, 0.4) is 0 Å². The molecule has 2 N–H and O–H groups in total. The zero-order valence-electron chi connectivity index (χ0n) is 14.9. The second-order valence-electron chi connectivity index (χ2n) is 6.09. The molecule has 0 saturated heterocycles. The number of aromatic nitrogens is 1. The molecule has 4 nitrogen and oxygen atoms in total. The van der Waals surface area contributed by atoms with Gasteiger partial charge < -0.3 is 10.6 Å². The Morgan fingerprint density at radius 2 is 2.08 bits per heavy atom. The SMILES string of the molecule is CCNC(=NCCc1ncc(CC)s1)NC1CC1c1ccccc1.I. The quantitative estimate of drug-likeness (QED) is 0.366. The molecule has 2 unspecified atom stereocenters. The third-order valence-corrected chi connectivity index (χ3v) is 5.43. The summed E-state index contributed by atoms with van der Waals surface area (Å²) in [5.41, 5.74) is 1.42. The van der Waals surface area contributed by atoms with Gasteiger partial charge in [-0.05, 0) is 25.3 Å². The van der Waals surface area contributed by atoms with Gasteiger partial charge in [-0.3, -0.25) is 4.99 Å². The minimum atomic E-state index is 0. The van der Waals surface area contributed by atoms with E-state index in [0.29, 0.717) is 12.0 Å². The van der Waals surface area contributed by atoms with E-state index in [0.717, 1.165) is 31.9 Å². The summed E-state index contributed by atoms with van der Waals surface area (Å²) < 4.78 is 0. The van der Waals surface area contributed by atoms with Crippen molar-refractivity contribution in [3.05, 3.63) is 52.0 Å². The monoisotopic (exact) mass is 470 g/mol. The molecule has 3 rings (SSSR count). The van der Waals surface area contributed by atoms with Gasteiger partial charge in [0, 0.05) is 42.5 Å². The maximum atomic E-state index is 4.71. The topological polar surface area (TPSA) is 49.3 Å². The fourth-order valence-corrected chi connectivity index (χ4v) is 3.66. The summed E-state index contributed by atoms with van der Waals surface area (Å²) in [6.45, 7) is 5.93. The fourth-order valence-electron chi connectivity index (χ4n) is 2.81. The number of benzene rings is 1. The molecule has 1 aliphatic rings. The van der Waals surface area contributed by atoms with Gasteiger partial charge >= 0.3 is 0 Å². The van der Waals surface area contributed by atoms with Crippen LogP contribution in [0.4, 0.5) is 0 Å². The van der Waals surface area contributed by atoms with Crippen molar-refractivity contribution >= 4 is 41.3 Å². The summed E-state index contributed by atoms with van der Waals surface area (Å²) in [6.07, 6.45) is 5.14. The summed E-state index contributed by atoms with van der Waals surface area (Å²) in [7, 11) is 0. The molecule has 0 amide bonds. The number of hydrogen-bond acceptors (Lipinski definition) is 3. The van der Waals surface area contributed by atoms with Crippen molar-refractivity contribution in [3.63, 3.8) is 0 Å². The van der Waals surface area contributed by atoms with Gasteiger partial charge in [0.05, 0.1) is 5.01 Å². The Morgan fingerprint density at radius 3 is 2.76 bits per heavy atom. The van der Waals surface area contributed by atoms with Gasteiger partial charge in [-0.1, -0.05) is 37.3 Å². The first-order valence-corrected chi connectivity index (χ1v) is 9.65.